The van der Waals surface area contributed by atoms with Gasteiger partial charge in [-0.2, -0.15) is 0 Å². The van der Waals surface area contributed by atoms with E-state index >= 15 is 0 Å². The fraction of sp³-hybridized carbons (Fsp3) is 0.684. The van der Waals surface area contributed by atoms with E-state index in [1.54, 1.807) is 0 Å². The lowest BCUT2D eigenvalue weighted by molar-refractivity contribution is 0.00578. The van der Waals surface area contributed by atoms with Gasteiger partial charge in [0.15, 0.2) is 11.6 Å². The molecule has 0 atom stereocenters. The van der Waals surface area contributed by atoms with Crippen molar-refractivity contribution in [2.75, 3.05) is 18.1 Å². The molecule has 0 aromatic heterocycles. The molecule has 1 aromatic rings. The van der Waals surface area contributed by atoms with Crippen molar-refractivity contribution in [3.05, 3.63) is 17.9 Å². The third-order valence-corrected chi connectivity index (χ3v) is 6.23. The topological polar surface area (TPSA) is 30.9 Å². The van der Waals surface area contributed by atoms with E-state index in [0.29, 0.717) is 18.4 Å². The van der Waals surface area contributed by atoms with Gasteiger partial charge in [0, 0.05) is 6.04 Å². The summed E-state index contributed by atoms with van der Waals surface area (Å²) in [4.78, 5) is 2.32. The molecule has 2 fully saturated rings. The van der Waals surface area contributed by atoms with Crippen LogP contribution in [0.4, 0.5) is 10.1 Å². The van der Waals surface area contributed by atoms with Crippen molar-refractivity contribution >= 4 is 18.3 Å². The highest BCUT2D eigenvalue weighted by molar-refractivity contribution is 6.62. The highest BCUT2D eigenvalue weighted by Gasteiger charge is 2.52. The Kier molecular flexibility index (Phi) is 4.04. The van der Waals surface area contributed by atoms with Crippen LogP contribution in [0.25, 0.3) is 0 Å². The minimum Gasteiger partial charge on any atom is -0.486 e. The monoisotopic (exact) mass is 347 g/mol. The van der Waals surface area contributed by atoms with Crippen LogP contribution < -0.4 is 15.1 Å². The third-order valence-electron chi connectivity index (χ3n) is 6.23. The van der Waals surface area contributed by atoms with Crippen molar-refractivity contribution in [2.24, 2.45) is 0 Å². The maximum Gasteiger partial charge on any atom is 0.495 e. The summed E-state index contributed by atoms with van der Waals surface area (Å²) >= 11 is 0. The van der Waals surface area contributed by atoms with Gasteiger partial charge in [-0.1, -0.05) is 12.8 Å². The number of hydrogen-bond donors (Lipinski definition) is 0. The van der Waals surface area contributed by atoms with Crippen molar-refractivity contribution in [1.29, 1.82) is 0 Å². The molecule has 4 rings (SSSR count). The first-order chi connectivity index (χ1) is 11.8. The van der Waals surface area contributed by atoms with E-state index in [2.05, 4.69) is 4.90 Å². The molecule has 0 spiro atoms. The van der Waals surface area contributed by atoms with Gasteiger partial charge in [0.1, 0.15) is 6.61 Å². The highest BCUT2D eigenvalue weighted by Crippen LogP contribution is 2.40. The average molecular weight is 347 g/mol. The lowest BCUT2D eigenvalue weighted by atomic mass is 9.78. The largest absolute Gasteiger partial charge is 0.495 e. The summed E-state index contributed by atoms with van der Waals surface area (Å²) in [6.07, 6.45) is 4.83. The molecule has 0 unspecified atom stereocenters. The SMILES string of the molecule is CC1(C)OB(c2cc(F)c3c(c2)N(C2CCCC2)CCO3)OC1(C)C. The van der Waals surface area contributed by atoms with Gasteiger partial charge in [0.25, 0.3) is 0 Å². The summed E-state index contributed by atoms with van der Waals surface area (Å²) in [5.41, 5.74) is 0.698. The molecule has 0 amide bonds. The van der Waals surface area contributed by atoms with Crippen LogP contribution >= 0.6 is 0 Å². The zero-order chi connectivity index (χ0) is 17.8. The number of rotatable bonds is 2. The Morgan fingerprint density at radius 1 is 1.08 bits per heavy atom. The fourth-order valence-electron chi connectivity index (χ4n) is 4.03. The number of nitrogens with zero attached hydrogens (tertiary/aromatic N) is 1. The molecule has 1 aliphatic carbocycles. The first-order valence-electron chi connectivity index (χ1n) is 9.37. The first-order valence-corrected chi connectivity index (χ1v) is 9.37. The van der Waals surface area contributed by atoms with Crippen molar-refractivity contribution < 1.29 is 18.4 Å². The standard InChI is InChI=1S/C19H27BFNO3/c1-18(2)19(3,4)25-20(24-18)13-11-15(21)17-16(12-13)22(9-10-23-17)14-7-5-6-8-14/h11-12,14H,5-10H2,1-4H3. The van der Waals surface area contributed by atoms with E-state index in [0.717, 1.165) is 17.7 Å². The normalized spacial score (nSPS) is 25.2. The van der Waals surface area contributed by atoms with Gasteiger partial charge in [0.05, 0.1) is 23.4 Å². The quantitative estimate of drug-likeness (QED) is 0.769. The van der Waals surface area contributed by atoms with Gasteiger partial charge in [-0.05, 0) is 58.1 Å². The molecular weight excluding hydrogens is 320 g/mol. The van der Waals surface area contributed by atoms with Crippen LogP contribution in [0.15, 0.2) is 12.1 Å². The molecule has 0 bridgehead atoms. The second-order valence-electron chi connectivity index (χ2n) is 8.42. The molecule has 1 saturated carbocycles. The lowest BCUT2D eigenvalue weighted by Crippen LogP contribution is -2.42. The number of fused-ring (bicyclic) bond motifs is 1. The molecule has 25 heavy (non-hydrogen) atoms. The molecule has 1 saturated heterocycles. The first kappa shape index (κ1) is 17.2. The molecule has 2 heterocycles. The Balaban J connectivity index is 1.70. The number of benzene rings is 1. The van der Waals surface area contributed by atoms with E-state index in [9.17, 15) is 4.39 Å². The fourth-order valence-corrected chi connectivity index (χ4v) is 4.03. The van der Waals surface area contributed by atoms with Crippen molar-refractivity contribution in [2.45, 2.75) is 70.6 Å². The van der Waals surface area contributed by atoms with Crippen LogP contribution in [-0.4, -0.2) is 37.5 Å². The minimum atomic E-state index is -0.558. The van der Waals surface area contributed by atoms with Gasteiger partial charge in [-0.25, -0.2) is 4.39 Å². The molecular formula is C19H27BFNO3. The maximum absolute atomic E-state index is 14.8. The summed E-state index contributed by atoms with van der Waals surface area (Å²) in [5, 5.41) is 0. The summed E-state index contributed by atoms with van der Waals surface area (Å²) < 4.78 is 32.6. The van der Waals surface area contributed by atoms with Crippen LogP contribution in [0.2, 0.25) is 0 Å². The van der Waals surface area contributed by atoms with Gasteiger partial charge in [-0.3, -0.25) is 0 Å². The Morgan fingerprint density at radius 2 is 1.72 bits per heavy atom. The summed E-state index contributed by atoms with van der Waals surface area (Å²) in [7, 11) is -0.558. The predicted molar refractivity (Wildman–Crippen MR) is 97.2 cm³/mol. The van der Waals surface area contributed by atoms with Crippen LogP contribution in [0, 0.1) is 5.82 Å². The number of hydrogen-bond acceptors (Lipinski definition) is 4. The van der Waals surface area contributed by atoms with E-state index in [1.165, 1.54) is 31.7 Å². The smallest absolute Gasteiger partial charge is 0.486 e. The zero-order valence-electron chi connectivity index (χ0n) is 15.6. The van der Waals surface area contributed by atoms with Crippen LogP contribution in [0.3, 0.4) is 0 Å². The second-order valence-corrected chi connectivity index (χ2v) is 8.42. The molecule has 136 valence electrons. The zero-order valence-corrected chi connectivity index (χ0v) is 15.6. The van der Waals surface area contributed by atoms with Gasteiger partial charge >= 0.3 is 7.12 Å². The average Bonchev–Trinajstić information content (AvgIpc) is 3.13. The summed E-state index contributed by atoms with van der Waals surface area (Å²) in [6, 6.07) is 3.98. The van der Waals surface area contributed by atoms with Crippen molar-refractivity contribution in [3.8, 4) is 5.75 Å². The van der Waals surface area contributed by atoms with Crippen LogP contribution in [-0.2, 0) is 9.31 Å². The summed E-state index contributed by atoms with van der Waals surface area (Å²) in [5.74, 6) is 0.0447. The van der Waals surface area contributed by atoms with E-state index in [1.807, 2.05) is 33.8 Å². The molecule has 4 nitrogen and oxygen atoms in total. The van der Waals surface area contributed by atoms with Crippen molar-refractivity contribution in [3.63, 3.8) is 0 Å². The molecule has 1 aromatic carbocycles. The van der Waals surface area contributed by atoms with E-state index in [4.69, 9.17) is 14.0 Å². The van der Waals surface area contributed by atoms with Crippen LogP contribution in [0.5, 0.6) is 5.75 Å². The molecule has 0 N–H and O–H groups in total. The van der Waals surface area contributed by atoms with E-state index in [-0.39, 0.29) is 5.82 Å². The Morgan fingerprint density at radius 3 is 2.36 bits per heavy atom. The van der Waals surface area contributed by atoms with Gasteiger partial charge in [-0.15, -0.1) is 0 Å². The van der Waals surface area contributed by atoms with Crippen LogP contribution in [0.1, 0.15) is 53.4 Å². The number of halogens is 1. The molecule has 0 radical (unpaired) electrons. The predicted octanol–water partition coefficient (Wildman–Crippen LogP) is 3.27. The van der Waals surface area contributed by atoms with Crippen molar-refractivity contribution in [1.82, 2.24) is 0 Å². The Labute approximate surface area is 149 Å². The molecule has 3 aliphatic rings. The van der Waals surface area contributed by atoms with E-state index < -0.39 is 18.3 Å². The second kappa shape index (κ2) is 5.88. The highest BCUT2D eigenvalue weighted by atomic mass is 19.1. The summed E-state index contributed by atoms with van der Waals surface area (Å²) in [6.45, 7) is 9.39. The minimum absolute atomic E-state index is 0.329. The molecule has 6 heteroatoms. The number of ether oxygens (including phenoxy) is 1. The Hall–Kier alpha value is -1.27. The number of anilines is 1. The van der Waals surface area contributed by atoms with Gasteiger partial charge in [0.2, 0.25) is 0 Å². The van der Waals surface area contributed by atoms with Gasteiger partial charge < -0.3 is 18.9 Å². The third kappa shape index (κ3) is 2.83. The Bertz CT molecular complexity index is 657. The molecule has 2 aliphatic heterocycles. The maximum atomic E-state index is 14.8. The lowest BCUT2D eigenvalue weighted by Gasteiger charge is -2.36.